The summed E-state index contributed by atoms with van der Waals surface area (Å²) in [4.78, 5) is 0. The molecular formula is C15H12Cl2F3N. The minimum absolute atomic E-state index is 0.0649. The maximum absolute atomic E-state index is 12.8. The maximum Gasteiger partial charge on any atom is 0.418 e. The van der Waals surface area contributed by atoms with Crippen molar-refractivity contribution in [1.29, 1.82) is 0 Å². The van der Waals surface area contributed by atoms with Crippen LogP contribution in [0.25, 0.3) is 0 Å². The van der Waals surface area contributed by atoms with Crippen molar-refractivity contribution in [3.63, 3.8) is 0 Å². The van der Waals surface area contributed by atoms with Crippen molar-refractivity contribution < 1.29 is 13.2 Å². The number of rotatable bonds is 4. The van der Waals surface area contributed by atoms with Gasteiger partial charge in [0.25, 0.3) is 0 Å². The predicted octanol–water partition coefficient (Wildman–Crippen LogP) is 5.67. The van der Waals surface area contributed by atoms with Gasteiger partial charge in [0.15, 0.2) is 0 Å². The largest absolute Gasteiger partial charge is 0.418 e. The summed E-state index contributed by atoms with van der Waals surface area (Å²) in [6.07, 6.45) is -3.87. The number of para-hydroxylation sites is 1. The molecule has 0 saturated carbocycles. The second-order valence-electron chi connectivity index (χ2n) is 4.46. The van der Waals surface area contributed by atoms with Crippen molar-refractivity contribution in [3.8, 4) is 0 Å². The van der Waals surface area contributed by atoms with E-state index in [1.807, 2.05) is 0 Å². The molecule has 0 saturated heterocycles. The lowest BCUT2D eigenvalue weighted by Gasteiger charge is -2.14. The zero-order chi connectivity index (χ0) is 15.5. The Morgan fingerprint density at radius 1 is 1.00 bits per heavy atom. The van der Waals surface area contributed by atoms with E-state index in [2.05, 4.69) is 5.32 Å². The van der Waals surface area contributed by atoms with Crippen molar-refractivity contribution in [3.05, 3.63) is 63.6 Å². The van der Waals surface area contributed by atoms with E-state index < -0.39 is 11.7 Å². The molecule has 0 heterocycles. The topological polar surface area (TPSA) is 12.0 Å². The monoisotopic (exact) mass is 333 g/mol. The van der Waals surface area contributed by atoms with Crippen LogP contribution in [0.1, 0.15) is 11.1 Å². The fourth-order valence-corrected chi connectivity index (χ4v) is 2.44. The molecule has 1 N–H and O–H groups in total. The Kier molecular flexibility index (Phi) is 5.01. The molecule has 0 aliphatic heterocycles. The summed E-state index contributed by atoms with van der Waals surface area (Å²) in [5.41, 5.74) is 0.223. The minimum atomic E-state index is -4.37. The minimum Gasteiger partial charge on any atom is -0.384 e. The molecule has 0 spiro atoms. The molecule has 0 aliphatic carbocycles. The van der Waals surface area contributed by atoms with E-state index in [1.165, 1.54) is 12.1 Å². The second kappa shape index (κ2) is 6.58. The number of halogens is 5. The molecule has 2 aromatic rings. The van der Waals surface area contributed by atoms with E-state index in [9.17, 15) is 13.2 Å². The van der Waals surface area contributed by atoms with Crippen LogP contribution in [-0.4, -0.2) is 6.54 Å². The van der Waals surface area contributed by atoms with E-state index in [0.29, 0.717) is 23.0 Å². The van der Waals surface area contributed by atoms with Gasteiger partial charge in [-0.2, -0.15) is 13.2 Å². The number of alkyl halides is 3. The first-order valence-electron chi connectivity index (χ1n) is 6.22. The first-order chi connectivity index (χ1) is 9.88. The lowest BCUT2D eigenvalue weighted by molar-refractivity contribution is -0.136. The van der Waals surface area contributed by atoms with E-state index in [4.69, 9.17) is 23.2 Å². The van der Waals surface area contributed by atoms with Gasteiger partial charge in [0.1, 0.15) is 0 Å². The highest BCUT2D eigenvalue weighted by molar-refractivity contribution is 6.35. The highest BCUT2D eigenvalue weighted by Gasteiger charge is 2.32. The number of nitrogens with one attached hydrogen (secondary N) is 1. The fourth-order valence-electron chi connectivity index (χ4n) is 1.94. The quantitative estimate of drug-likeness (QED) is 0.760. The van der Waals surface area contributed by atoms with E-state index >= 15 is 0 Å². The zero-order valence-corrected chi connectivity index (χ0v) is 12.4. The van der Waals surface area contributed by atoms with Crippen molar-refractivity contribution in [1.82, 2.24) is 0 Å². The molecule has 1 nitrogen and oxygen atoms in total. The molecule has 2 aromatic carbocycles. The van der Waals surface area contributed by atoms with Gasteiger partial charge in [-0.3, -0.25) is 0 Å². The molecule has 2 rings (SSSR count). The van der Waals surface area contributed by atoms with Crippen LogP contribution in [0.3, 0.4) is 0 Å². The summed E-state index contributed by atoms with van der Waals surface area (Å²) in [7, 11) is 0. The summed E-state index contributed by atoms with van der Waals surface area (Å²) < 4.78 is 38.5. The average molecular weight is 334 g/mol. The van der Waals surface area contributed by atoms with Gasteiger partial charge >= 0.3 is 6.18 Å². The summed E-state index contributed by atoms with van der Waals surface area (Å²) >= 11 is 11.8. The summed E-state index contributed by atoms with van der Waals surface area (Å²) in [5.74, 6) is 0. The van der Waals surface area contributed by atoms with Crippen LogP contribution in [0, 0.1) is 0 Å². The van der Waals surface area contributed by atoms with Gasteiger partial charge in [-0.15, -0.1) is 0 Å². The van der Waals surface area contributed by atoms with Crippen LogP contribution in [-0.2, 0) is 12.6 Å². The van der Waals surface area contributed by atoms with Gasteiger partial charge in [0, 0.05) is 22.3 Å². The van der Waals surface area contributed by atoms with Crippen molar-refractivity contribution in [2.45, 2.75) is 12.6 Å². The zero-order valence-electron chi connectivity index (χ0n) is 10.8. The van der Waals surface area contributed by atoms with Crippen LogP contribution in [0.2, 0.25) is 10.0 Å². The molecule has 0 radical (unpaired) electrons. The van der Waals surface area contributed by atoms with Crippen LogP contribution in [0.4, 0.5) is 18.9 Å². The number of anilines is 1. The number of hydrogen-bond acceptors (Lipinski definition) is 1. The Morgan fingerprint density at radius 3 is 2.38 bits per heavy atom. The second-order valence-corrected chi connectivity index (χ2v) is 5.30. The Labute approximate surface area is 130 Å². The Balaban J connectivity index is 2.04. The van der Waals surface area contributed by atoms with Crippen LogP contribution >= 0.6 is 23.2 Å². The Bertz CT molecular complexity index is 627. The van der Waals surface area contributed by atoms with Gasteiger partial charge < -0.3 is 5.32 Å². The molecule has 0 aromatic heterocycles. The summed E-state index contributed by atoms with van der Waals surface area (Å²) in [5, 5.41) is 3.83. The Hall–Kier alpha value is -1.39. The smallest absolute Gasteiger partial charge is 0.384 e. The fraction of sp³-hybridized carbons (Fsp3) is 0.200. The van der Waals surface area contributed by atoms with E-state index in [0.717, 1.165) is 11.6 Å². The first kappa shape index (κ1) is 16.0. The predicted molar refractivity (Wildman–Crippen MR) is 80.1 cm³/mol. The normalized spacial score (nSPS) is 11.5. The van der Waals surface area contributed by atoms with Gasteiger partial charge in [0.05, 0.1) is 5.56 Å². The third-order valence-electron chi connectivity index (χ3n) is 2.96. The van der Waals surface area contributed by atoms with Crippen molar-refractivity contribution in [2.75, 3.05) is 11.9 Å². The summed E-state index contributed by atoms with van der Waals surface area (Å²) in [6, 6.07) is 10.5. The van der Waals surface area contributed by atoms with Gasteiger partial charge in [0.2, 0.25) is 0 Å². The third kappa shape index (κ3) is 4.29. The molecule has 6 heteroatoms. The van der Waals surface area contributed by atoms with Crippen molar-refractivity contribution >= 4 is 28.9 Å². The van der Waals surface area contributed by atoms with Crippen molar-refractivity contribution in [2.24, 2.45) is 0 Å². The molecule has 0 aliphatic rings. The standard InChI is InChI=1S/C15H12Cl2F3N/c16-11-6-5-10(13(17)9-11)7-8-21-14-4-2-1-3-12(14)15(18,19)20/h1-6,9,21H,7-8H2. The van der Waals surface area contributed by atoms with Gasteiger partial charge in [-0.25, -0.2) is 0 Å². The molecule has 0 fully saturated rings. The maximum atomic E-state index is 12.8. The number of hydrogen-bond donors (Lipinski definition) is 1. The molecule has 112 valence electrons. The summed E-state index contributed by atoms with van der Waals surface area (Å²) in [6.45, 7) is 0.342. The van der Waals surface area contributed by atoms with Gasteiger partial charge in [-0.1, -0.05) is 41.4 Å². The van der Waals surface area contributed by atoms with Crippen LogP contribution in [0.15, 0.2) is 42.5 Å². The molecule has 0 atom stereocenters. The number of benzene rings is 2. The highest BCUT2D eigenvalue weighted by Crippen LogP contribution is 2.34. The third-order valence-corrected chi connectivity index (χ3v) is 3.54. The molecule has 21 heavy (non-hydrogen) atoms. The SMILES string of the molecule is FC(F)(F)c1ccccc1NCCc1ccc(Cl)cc1Cl. The first-order valence-corrected chi connectivity index (χ1v) is 6.97. The van der Waals surface area contributed by atoms with Gasteiger partial charge in [-0.05, 0) is 36.2 Å². The molecule has 0 bridgehead atoms. The highest BCUT2D eigenvalue weighted by atomic mass is 35.5. The molecule has 0 amide bonds. The van der Waals surface area contributed by atoms with Crippen LogP contribution < -0.4 is 5.32 Å². The molecule has 0 unspecified atom stereocenters. The van der Waals surface area contributed by atoms with E-state index in [1.54, 1.807) is 24.3 Å². The lowest BCUT2D eigenvalue weighted by Crippen LogP contribution is -2.12. The average Bonchev–Trinajstić information content (AvgIpc) is 2.41. The lowest BCUT2D eigenvalue weighted by atomic mass is 10.1. The van der Waals surface area contributed by atoms with Crippen LogP contribution in [0.5, 0.6) is 0 Å². The van der Waals surface area contributed by atoms with E-state index in [-0.39, 0.29) is 5.69 Å². The molecular weight excluding hydrogens is 322 g/mol. The Morgan fingerprint density at radius 2 is 1.71 bits per heavy atom.